The van der Waals surface area contributed by atoms with Crippen LogP contribution < -0.4 is 11.1 Å². The third-order valence-corrected chi connectivity index (χ3v) is 5.12. The van der Waals surface area contributed by atoms with Crippen LogP contribution in [0.15, 0.2) is 34.9 Å². The molecule has 0 spiro atoms. The molecule has 2 aromatic rings. The Labute approximate surface area is 159 Å². The van der Waals surface area contributed by atoms with Crippen molar-refractivity contribution in [2.75, 3.05) is 11.9 Å². The SMILES string of the molecule is Cl.NC[C@H]1CC[C@@H](C(=O)Nc2ncc(Cc3cccc(Br)c3)s2)O1. The van der Waals surface area contributed by atoms with E-state index in [4.69, 9.17) is 10.5 Å². The number of rotatable bonds is 5. The number of aromatic nitrogens is 1. The molecule has 0 aliphatic carbocycles. The molecule has 1 aliphatic rings. The number of halogens is 2. The van der Waals surface area contributed by atoms with Crippen molar-refractivity contribution in [3.8, 4) is 0 Å². The van der Waals surface area contributed by atoms with Gasteiger partial charge in [-0.25, -0.2) is 4.98 Å². The summed E-state index contributed by atoms with van der Waals surface area (Å²) in [5, 5.41) is 3.45. The van der Waals surface area contributed by atoms with Gasteiger partial charge in [0.05, 0.1) is 6.10 Å². The van der Waals surface area contributed by atoms with Gasteiger partial charge in [-0.05, 0) is 30.5 Å². The van der Waals surface area contributed by atoms with E-state index in [0.29, 0.717) is 18.1 Å². The molecular formula is C16H19BrClN3O2S. The van der Waals surface area contributed by atoms with Gasteiger partial charge in [0.15, 0.2) is 5.13 Å². The third kappa shape index (κ3) is 5.00. The quantitative estimate of drug-likeness (QED) is 0.759. The number of hydrogen-bond acceptors (Lipinski definition) is 5. The Hall–Kier alpha value is -0.990. The number of benzene rings is 1. The highest BCUT2D eigenvalue weighted by molar-refractivity contribution is 9.10. The van der Waals surface area contributed by atoms with E-state index in [2.05, 4.69) is 38.4 Å². The number of hydrogen-bond donors (Lipinski definition) is 2. The van der Waals surface area contributed by atoms with E-state index >= 15 is 0 Å². The minimum absolute atomic E-state index is 0. The molecule has 130 valence electrons. The summed E-state index contributed by atoms with van der Waals surface area (Å²) in [5.41, 5.74) is 6.77. The Morgan fingerprint density at radius 1 is 1.46 bits per heavy atom. The first kappa shape index (κ1) is 19.3. The van der Waals surface area contributed by atoms with Crippen LogP contribution in [0.1, 0.15) is 23.3 Å². The molecule has 1 aromatic heterocycles. The Morgan fingerprint density at radius 2 is 2.29 bits per heavy atom. The second kappa shape index (κ2) is 8.92. The lowest BCUT2D eigenvalue weighted by Crippen LogP contribution is -2.29. The van der Waals surface area contributed by atoms with Crippen LogP contribution in [0.25, 0.3) is 0 Å². The summed E-state index contributed by atoms with van der Waals surface area (Å²) in [6, 6.07) is 8.16. The first-order valence-electron chi connectivity index (χ1n) is 7.49. The normalized spacial score (nSPS) is 19.8. The largest absolute Gasteiger partial charge is 0.364 e. The Morgan fingerprint density at radius 3 is 3.00 bits per heavy atom. The van der Waals surface area contributed by atoms with Gasteiger partial charge < -0.3 is 10.5 Å². The first-order chi connectivity index (χ1) is 11.1. The predicted octanol–water partition coefficient (Wildman–Crippen LogP) is 3.36. The molecule has 1 fully saturated rings. The van der Waals surface area contributed by atoms with E-state index in [1.807, 2.05) is 12.1 Å². The number of ether oxygens (including phenoxy) is 1. The number of anilines is 1. The van der Waals surface area contributed by atoms with Crippen LogP contribution >= 0.6 is 39.7 Å². The molecule has 1 aromatic carbocycles. The van der Waals surface area contributed by atoms with E-state index in [1.54, 1.807) is 6.20 Å². The van der Waals surface area contributed by atoms with Crippen LogP contribution in [-0.4, -0.2) is 29.6 Å². The van der Waals surface area contributed by atoms with Crippen molar-refractivity contribution in [3.63, 3.8) is 0 Å². The number of nitrogens with two attached hydrogens (primary N) is 1. The maximum absolute atomic E-state index is 12.2. The summed E-state index contributed by atoms with van der Waals surface area (Å²) < 4.78 is 6.65. The van der Waals surface area contributed by atoms with E-state index in [1.165, 1.54) is 16.9 Å². The van der Waals surface area contributed by atoms with Gasteiger partial charge in [-0.3, -0.25) is 10.1 Å². The summed E-state index contributed by atoms with van der Waals surface area (Å²) in [5.74, 6) is -0.135. The molecule has 3 N–H and O–H groups in total. The maximum atomic E-state index is 12.2. The van der Waals surface area contributed by atoms with Crippen LogP contribution in [0.3, 0.4) is 0 Å². The standard InChI is InChI=1S/C16H18BrN3O2S.ClH/c17-11-3-1-2-10(6-11)7-13-9-19-16(23-13)20-15(21)14-5-4-12(8-18)22-14;/h1-3,6,9,12,14H,4-5,7-8,18H2,(H,19,20,21);1H/t12-,14+;/m1./s1. The smallest absolute Gasteiger partial charge is 0.255 e. The minimum Gasteiger partial charge on any atom is -0.364 e. The van der Waals surface area contributed by atoms with Gasteiger partial charge >= 0.3 is 0 Å². The second-order valence-electron chi connectivity index (χ2n) is 5.49. The highest BCUT2D eigenvalue weighted by Gasteiger charge is 2.30. The monoisotopic (exact) mass is 431 g/mol. The zero-order valence-corrected chi connectivity index (χ0v) is 16.1. The van der Waals surface area contributed by atoms with Gasteiger partial charge in [0.2, 0.25) is 0 Å². The molecule has 24 heavy (non-hydrogen) atoms. The fraction of sp³-hybridized carbons (Fsp3) is 0.375. The molecule has 0 unspecified atom stereocenters. The van der Waals surface area contributed by atoms with Gasteiger partial charge in [-0.2, -0.15) is 0 Å². The molecule has 0 radical (unpaired) electrons. The van der Waals surface area contributed by atoms with E-state index in [9.17, 15) is 4.79 Å². The fourth-order valence-corrected chi connectivity index (χ4v) is 3.85. The topological polar surface area (TPSA) is 77.2 Å². The van der Waals surface area contributed by atoms with Gasteiger partial charge in [0.25, 0.3) is 5.91 Å². The molecule has 1 aliphatic heterocycles. The van der Waals surface area contributed by atoms with Crippen LogP contribution in [0.5, 0.6) is 0 Å². The molecule has 3 rings (SSSR count). The highest BCUT2D eigenvalue weighted by Crippen LogP contribution is 2.24. The number of nitrogens with one attached hydrogen (secondary N) is 1. The molecular weight excluding hydrogens is 414 g/mol. The molecule has 1 saturated heterocycles. The number of thiazole rings is 1. The van der Waals surface area contributed by atoms with Crippen molar-refractivity contribution in [1.82, 2.24) is 4.98 Å². The number of nitrogens with zero attached hydrogens (tertiary/aromatic N) is 1. The van der Waals surface area contributed by atoms with Crippen molar-refractivity contribution in [1.29, 1.82) is 0 Å². The summed E-state index contributed by atoms with van der Waals surface area (Å²) in [7, 11) is 0. The van der Waals surface area contributed by atoms with Crippen molar-refractivity contribution in [2.45, 2.75) is 31.5 Å². The van der Waals surface area contributed by atoms with Crippen molar-refractivity contribution < 1.29 is 9.53 Å². The molecule has 1 amide bonds. The molecule has 5 nitrogen and oxygen atoms in total. The van der Waals surface area contributed by atoms with Crippen molar-refractivity contribution in [3.05, 3.63) is 45.4 Å². The summed E-state index contributed by atoms with van der Waals surface area (Å²) >= 11 is 4.96. The molecule has 8 heteroatoms. The van der Waals surface area contributed by atoms with E-state index in [-0.39, 0.29) is 24.4 Å². The van der Waals surface area contributed by atoms with Gasteiger partial charge in [0.1, 0.15) is 6.10 Å². The highest BCUT2D eigenvalue weighted by atomic mass is 79.9. The van der Waals surface area contributed by atoms with Crippen LogP contribution in [-0.2, 0) is 16.0 Å². The zero-order chi connectivity index (χ0) is 16.2. The Balaban J connectivity index is 0.00000208. The van der Waals surface area contributed by atoms with Crippen LogP contribution in [0, 0.1) is 0 Å². The van der Waals surface area contributed by atoms with Crippen LogP contribution in [0.4, 0.5) is 5.13 Å². The van der Waals surface area contributed by atoms with E-state index in [0.717, 1.165) is 22.2 Å². The Kier molecular flexibility index (Phi) is 7.18. The lowest BCUT2D eigenvalue weighted by Gasteiger charge is -2.11. The van der Waals surface area contributed by atoms with Crippen molar-refractivity contribution >= 4 is 50.7 Å². The summed E-state index contributed by atoms with van der Waals surface area (Å²) in [6.07, 6.45) is 3.72. The van der Waals surface area contributed by atoms with Gasteiger partial charge in [-0.1, -0.05) is 28.1 Å². The van der Waals surface area contributed by atoms with E-state index < -0.39 is 6.10 Å². The van der Waals surface area contributed by atoms with Gasteiger partial charge in [-0.15, -0.1) is 23.7 Å². The lowest BCUT2D eigenvalue weighted by molar-refractivity contribution is -0.126. The average Bonchev–Trinajstić information content (AvgIpc) is 3.16. The minimum atomic E-state index is -0.416. The fourth-order valence-electron chi connectivity index (χ4n) is 2.55. The van der Waals surface area contributed by atoms with Crippen molar-refractivity contribution in [2.24, 2.45) is 5.73 Å². The molecule has 0 bridgehead atoms. The first-order valence-corrected chi connectivity index (χ1v) is 9.10. The summed E-state index contributed by atoms with van der Waals surface area (Å²) in [4.78, 5) is 17.6. The molecule has 2 heterocycles. The molecule has 0 saturated carbocycles. The lowest BCUT2D eigenvalue weighted by atomic mass is 10.1. The predicted molar refractivity (Wildman–Crippen MR) is 102 cm³/mol. The maximum Gasteiger partial charge on any atom is 0.255 e. The number of amides is 1. The zero-order valence-electron chi connectivity index (χ0n) is 12.9. The molecule has 2 atom stereocenters. The van der Waals surface area contributed by atoms with Gasteiger partial charge in [0, 0.05) is 28.5 Å². The number of carbonyl (C=O) groups excluding carboxylic acids is 1. The third-order valence-electron chi connectivity index (χ3n) is 3.71. The second-order valence-corrected chi connectivity index (χ2v) is 7.52. The summed E-state index contributed by atoms with van der Waals surface area (Å²) in [6.45, 7) is 0.456. The Bertz CT molecular complexity index is 697. The average molecular weight is 433 g/mol. The van der Waals surface area contributed by atoms with Crippen LogP contribution in [0.2, 0.25) is 0 Å². The number of carbonyl (C=O) groups is 1.